The zero-order valence-electron chi connectivity index (χ0n) is 14.2. The summed E-state index contributed by atoms with van der Waals surface area (Å²) in [6, 6.07) is 11.8. The monoisotopic (exact) mass is 341 g/mol. The van der Waals surface area contributed by atoms with Crippen LogP contribution >= 0.6 is 0 Å². The molecule has 0 unspecified atom stereocenters. The van der Waals surface area contributed by atoms with Crippen LogP contribution in [0.2, 0.25) is 0 Å². The molecule has 0 fully saturated rings. The van der Waals surface area contributed by atoms with E-state index >= 15 is 0 Å². The number of hydrogen-bond acceptors (Lipinski definition) is 5. The number of carbonyl (C=O) groups excluding carboxylic acids is 2. The van der Waals surface area contributed by atoms with Crippen molar-refractivity contribution in [3.63, 3.8) is 0 Å². The minimum atomic E-state index is -0.368. The third kappa shape index (κ3) is 5.07. The lowest BCUT2D eigenvalue weighted by Gasteiger charge is -2.07. The van der Waals surface area contributed by atoms with Gasteiger partial charge in [-0.3, -0.25) is 9.59 Å². The lowest BCUT2D eigenvalue weighted by Crippen LogP contribution is -2.17. The van der Waals surface area contributed by atoms with Crippen molar-refractivity contribution in [1.82, 2.24) is 5.43 Å². The van der Waals surface area contributed by atoms with Crippen molar-refractivity contribution in [1.29, 1.82) is 0 Å². The predicted molar refractivity (Wildman–Crippen MR) is 95.4 cm³/mol. The molecule has 0 saturated heterocycles. The molecule has 0 aliphatic rings. The number of amides is 2. The standard InChI is InChI=1S/C18H19N3O4/c1-12(22)20-15-6-4-13(5-7-15)18(23)21-19-11-14-10-16(24-2)8-9-17(14)25-3/h4-11H,1-3H3,(H,20,22)(H,21,23)/b19-11-. The third-order valence-corrected chi connectivity index (χ3v) is 3.27. The van der Waals surface area contributed by atoms with E-state index in [-0.39, 0.29) is 11.8 Å². The molecule has 130 valence electrons. The van der Waals surface area contributed by atoms with Gasteiger partial charge in [-0.1, -0.05) is 0 Å². The maximum absolute atomic E-state index is 12.1. The molecule has 2 aromatic rings. The van der Waals surface area contributed by atoms with Gasteiger partial charge in [0.2, 0.25) is 5.91 Å². The molecule has 0 radical (unpaired) electrons. The number of methoxy groups -OCH3 is 2. The first-order valence-electron chi connectivity index (χ1n) is 7.46. The largest absolute Gasteiger partial charge is 0.497 e. The molecular formula is C18H19N3O4. The molecule has 2 N–H and O–H groups in total. The molecule has 0 atom stereocenters. The molecule has 7 heteroatoms. The average molecular weight is 341 g/mol. The van der Waals surface area contributed by atoms with E-state index in [1.807, 2.05) is 0 Å². The van der Waals surface area contributed by atoms with E-state index in [2.05, 4.69) is 15.8 Å². The molecule has 0 spiro atoms. The number of nitrogens with one attached hydrogen (secondary N) is 2. The number of hydrazone groups is 1. The number of ether oxygens (including phenoxy) is 2. The normalized spacial score (nSPS) is 10.4. The highest BCUT2D eigenvalue weighted by atomic mass is 16.5. The molecule has 25 heavy (non-hydrogen) atoms. The minimum absolute atomic E-state index is 0.172. The second-order valence-electron chi connectivity index (χ2n) is 5.07. The van der Waals surface area contributed by atoms with Crippen molar-refractivity contribution < 1.29 is 19.1 Å². The van der Waals surface area contributed by atoms with Crippen LogP contribution in [0.3, 0.4) is 0 Å². The number of benzene rings is 2. The van der Waals surface area contributed by atoms with Gasteiger partial charge in [0.05, 0.1) is 20.4 Å². The summed E-state index contributed by atoms with van der Waals surface area (Å²) in [5.74, 6) is 0.724. The number of nitrogens with zero attached hydrogens (tertiary/aromatic N) is 1. The maximum Gasteiger partial charge on any atom is 0.271 e. The van der Waals surface area contributed by atoms with Gasteiger partial charge in [0, 0.05) is 23.7 Å². The fourth-order valence-electron chi connectivity index (χ4n) is 2.07. The Balaban J connectivity index is 2.04. The summed E-state index contributed by atoms with van der Waals surface area (Å²) >= 11 is 0. The first-order valence-corrected chi connectivity index (χ1v) is 7.46. The molecular weight excluding hydrogens is 322 g/mol. The molecule has 2 amide bonds. The summed E-state index contributed by atoms with van der Waals surface area (Å²) in [6.45, 7) is 1.42. The van der Waals surface area contributed by atoms with Crippen molar-refractivity contribution in [2.24, 2.45) is 5.10 Å². The zero-order chi connectivity index (χ0) is 18.2. The molecule has 7 nitrogen and oxygen atoms in total. The highest BCUT2D eigenvalue weighted by molar-refractivity contribution is 5.96. The Kier molecular flexibility index (Phi) is 6.11. The van der Waals surface area contributed by atoms with Crippen LogP contribution in [0.4, 0.5) is 5.69 Å². The lowest BCUT2D eigenvalue weighted by atomic mass is 10.2. The number of anilines is 1. The predicted octanol–water partition coefficient (Wildman–Crippen LogP) is 2.43. The summed E-state index contributed by atoms with van der Waals surface area (Å²) in [5.41, 5.74) is 4.15. The van der Waals surface area contributed by atoms with Gasteiger partial charge in [-0.2, -0.15) is 5.10 Å². The van der Waals surface area contributed by atoms with Gasteiger partial charge in [0.1, 0.15) is 11.5 Å². The van der Waals surface area contributed by atoms with Gasteiger partial charge in [0.25, 0.3) is 5.91 Å². The van der Waals surface area contributed by atoms with E-state index in [1.165, 1.54) is 13.1 Å². The summed E-state index contributed by atoms with van der Waals surface area (Å²) < 4.78 is 10.4. The third-order valence-electron chi connectivity index (χ3n) is 3.27. The van der Waals surface area contributed by atoms with Crippen LogP contribution in [0.5, 0.6) is 11.5 Å². The van der Waals surface area contributed by atoms with Crippen LogP contribution < -0.4 is 20.2 Å². The van der Waals surface area contributed by atoms with Crippen LogP contribution in [0, 0.1) is 0 Å². The van der Waals surface area contributed by atoms with Crippen molar-refractivity contribution in [2.75, 3.05) is 19.5 Å². The molecule has 0 aromatic heterocycles. The Labute approximate surface area is 145 Å². The lowest BCUT2D eigenvalue weighted by molar-refractivity contribution is -0.114. The van der Waals surface area contributed by atoms with Crippen LogP contribution in [0.15, 0.2) is 47.6 Å². The van der Waals surface area contributed by atoms with Crippen LogP contribution in [-0.2, 0) is 4.79 Å². The first kappa shape index (κ1) is 18.0. The molecule has 0 bridgehead atoms. The number of carbonyl (C=O) groups is 2. The first-order chi connectivity index (χ1) is 12.0. The van der Waals surface area contributed by atoms with Crippen LogP contribution in [0.1, 0.15) is 22.8 Å². The van der Waals surface area contributed by atoms with E-state index in [0.717, 1.165) is 0 Å². The Morgan fingerprint density at radius 1 is 1.04 bits per heavy atom. The highest BCUT2D eigenvalue weighted by Gasteiger charge is 2.06. The fourth-order valence-corrected chi connectivity index (χ4v) is 2.07. The van der Waals surface area contributed by atoms with Gasteiger partial charge >= 0.3 is 0 Å². The van der Waals surface area contributed by atoms with Crippen molar-refractivity contribution in [3.8, 4) is 11.5 Å². The molecule has 2 aromatic carbocycles. The van der Waals surface area contributed by atoms with Crippen molar-refractivity contribution in [3.05, 3.63) is 53.6 Å². The summed E-state index contributed by atoms with van der Waals surface area (Å²) in [6.07, 6.45) is 1.48. The quantitative estimate of drug-likeness (QED) is 0.624. The van der Waals surface area contributed by atoms with Crippen LogP contribution in [-0.4, -0.2) is 32.2 Å². The van der Waals surface area contributed by atoms with E-state index in [9.17, 15) is 9.59 Å². The van der Waals surface area contributed by atoms with E-state index in [1.54, 1.807) is 56.7 Å². The van der Waals surface area contributed by atoms with Gasteiger partial charge in [-0.25, -0.2) is 5.43 Å². The Morgan fingerprint density at radius 3 is 2.36 bits per heavy atom. The zero-order valence-corrected chi connectivity index (χ0v) is 14.2. The van der Waals surface area contributed by atoms with Crippen molar-refractivity contribution in [2.45, 2.75) is 6.92 Å². The summed E-state index contributed by atoms with van der Waals surface area (Å²) in [5, 5.41) is 6.58. The minimum Gasteiger partial charge on any atom is -0.497 e. The van der Waals surface area contributed by atoms with Gasteiger partial charge < -0.3 is 14.8 Å². The van der Waals surface area contributed by atoms with Crippen LogP contribution in [0.25, 0.3) is 0 Å². The Morgan fingerprint density at radius 2 is 1.76 bits per heavy atom. The number of hydrogen-bond donors (Lipinski definition) is 2. The maximum atomic E-state index is 12.1. The SMILES string of the molecule is COc1ccc(OC)c(/C=N\NC(=O)c2ccc(NC(C)=O)cc2)c1. The highest BCUT2D eigenvalue weighted by Crippen LogP contribution is 2.22. The second-order valence-corrected chi connectivity index (χ2v) is 5.07. The van der Waals surface area contributed by atoms with E-state index in [4.69, 9.17) is 9.47 Å². The molecule has 0 heterocycles. The van der Waals surface area contributed by atoms with Crippen molar-refractivity contribution >= 4 is 23.7 Å². The van der Waals surface area contributed by atoms with Gasteiger partial charge in [0.15, 0.2) is 0 Å². The van der Waals surface area contributed by atoms with E-state index in [0.29, 0.717) is 28.3 Å². The van der Waals surface area contributed by atoms with E-state index < -0.39 is 0 Å². The Hall–Kier alpha value is -3.35. The van der Waals surface area contributed by atoms with Gasteiger partial charge in [-0.15, -0.1) is 0 Å². The smallest absolute Gasteiger partial charge is 0.271 e. The van der Waals surface area contributed by atoms with Gasteiger partial charge in [-0.05, 0) is 42.5 Å². The topological polar surface area (TPSA) is 89.0 Å². The molecule has 0 saturated carbocycles. The molecule has 2 rings (SSSR count). The second kappa shape index (κ2) is 8.49. The summed E-state index contributed by atoms with van der Waals surface area (Å²) in [7, 11) is 3.11. The fraction of sp³-hybridized carbons (Fsp3) is 0.167. The summed E-state index contributed by atoms with van der Waals surface area (Å²) in [4.78, 5) is 23.1. The molecule has 0 aliphatic heterocycles. The Bertz CT molecular complexity index is 785. The number of rotatable bonds is 6. The molecule has 0 aliphatic carbocycles. The average Bonchev–Trinajstić information content (AvgIpc) is 2.61.